The van der Waals surface area contributed by atoms with Crippen LogP contribution in [-0.4, -0.2) is 12.6 Å². The summed E-state index contributed by atoms with van der Waals surface area (Å²) in [5.74, 6) is 0.535. The lowest BCUT2D eigenvalue weighted by Gasteiger charge is -2.12. The topological polar surface area (TPSA) is 35.5 Å². The minimum absolute atomic E-state index is 0.0813. The van der Waals surface area contributed by atoms with Crippen molar-refractivity contribution in [3.63, 3.8) is 0 Å². The van der Waals surface area contributed by atoms with Crippen LogP contribution in [0.5, 0.6) is 0 Å². The molecule has 1 unspecified atom stereocenters. The molecule has 84 valence electrons. The zero-order valence-electron chi connectivity index (χ0n) is 9.87. The van der Waals surface area contributed by atoms with E-state index in [-0.39, 0.29) is 11.9 Å². The zero-order valence-corrected chi connectivity index (χ0v) is 9.87. The summed E-state index contributed by atoms with van der Waals surface area (Å²) in [6.07, 6.45) is 0.837. The molecule has 0 aromatic carbocycles. The number of hydrogen-bond donors (Lipinski definition) is 0. The van der Waals surface area contributed by atoms with Gasteiger partial charge in [-0.1, -0.05) is 34.6 Å². The standard InChI is InChI=1S/C11H22O3/c1-8(2)6-10(5)11(12)14-13-7-9(3)4/h8-10H,6-7H2,1-5H3. The minimum Gasteiger partial charge on any atom is -0.298 e. The maximum atomic E-state index is 11.3. The van der Waals surface area contributed by atoms with Gasteiger partial charge in [-0.2, -0.15) is 4.89 Å². The molecule has 0 bridgehead atoms. The molecule has 14 heavy (non-hydrogen) atoms. The lowest BCUT2D eigenvalue weighted by atomic mass is 9.99. The second kappa shape index (κ2) is 6.82. The minimum atomic E-state index is -0.264. The van der Waals surface area contributed by atoms with Gasteiger partial charge in [0.05, 0.1) is 12.5 Å². The van der Waals surface area contributed by atoms with E-state index in [1.165, 1.54) is 0 Å². The van der Waals surface area contributed by atoms with Crippen LogP contribution >= 0.6 is 0 Å². The SMILES string of the molecule is CC(C)COOC(=O)C(C)CC(C)C. The van der Waals surface area contributed by atoms with Crippen LogP contribution in [0.25, 0.3) is 0 Å². The van der Waals surface area contributed by atoms with Gasteiger partial charge in [0.15, 0.2) is 0 Å². The van der Waals surface area contributed by atoms with E-state index in [4.69, 9.17) is 4.89 Å². The third-order valence-corrected chi connectivity index (χ3v) is 1.77. The molecule has 0 saturated heterocycles. The van der Waals surface area contributed by atoms with Crippen LogP contribution in [0.4, 0.5) is 0 Å². The van der Waals surface area contributed by atoms with Gasteiger partial charge in [0, 0.05) is 0 Å². The average Bonchev–Trinajstić information content (AvgIpc) is 2.01. The van der Waals surface area contributed by atoms with E-state index in [0.717, 1.165) is 6.42 Å². The van der Waals surface area contributed by atoms with Crippen molar-refractivity contribution in [1.82, 2.24) is 0 Å². The van der Waals surface area contributed by atoms with Crippen molar-refractivity contribution < 1.29 is 14.6 Å². The highest BCUT2D eigenvalue weighted by Gasteiger charge is 2.16. The fourth-order valence-corrected chi connectivity index (χ4v) is 1.11. The van der Waals surface area contributed by atoms with Crippen molar-refractivity contribution in [3.8, 4) is 0 Å². The molecule has 1 atom stereocenters. The smallest absolute Gasteiger partial charge is 0.298 e. The molecule has 3 nitrogen and oxygen atoms in total. The van der Waals surface area contributed by atoms with E-state index in [2.05, 4.69) is 18.7 Å². The van der Waals surface area contributed by atoms with Gasteiger partial charge in [-0.15, -0.1) is 0 Å². The van der Waals surface area contributed by atoms with Crippen LogP contribution in [0, 0.1) is 17.8 Å². The van der Waals surface area contributed by atoms with Crippen LogP contribution in [0.15, 0.2) is 0 Å². The Morgan fingerprint density at radius 3 is 2.07 bits per heavy atom. The number of rotatable bonds is 6. The molecule has 0 amide bonds. The Labute approximate surface area is 86.7 Å². The van der Waals surface area contributed by atoms with Crippen molar-refractivity contribution in [1.29, 1.82) is 0 Å². The summed E-state index contributed by atoms with van der Waals surface area (Å²) in [6.45, 7) is 10.5. The first kappa shape index (κ1) is 13.4. The van der Waals surface area contributed by atoms with Crippen LogP contribution < -0.4 is 0 Å². The highest BCUT2D eigenvalue weighted by atomic mass is 17.2. The summed E-state index contributed by atoms with van der Waals surface area (Å²) in [7, 11) is 0. The van der Waals surface area contributed by atoms with E-state index in [1.54, 1.807) is 0 Å². The van der Waals surface area contributed by atoms with E-state index >= 15 is 0 Å². The van der Waals surface area contributed by atoms with Crippen molar-refractivity contribution in [2.24, 2.45) is 17.8 Å². The van der Waals surface area contributed by atoms with Gasteiger partial charge in [0.1, 0.15) is 0 Å². The van der Waals surface area contributed by atoms with Crippen molar-refractivity contribution in [2.45, 2.75) is 41.0 Å². The summed E-state index contributed by atoms with van der Waals surface area (Å²) in [5, 5.41) is 0. The lowest BCUT2D eigenvalue weighted by Crippen LogP contribution is -2.18. The second-order valence-electron chi connectivity index (χ2n) is 4.61. The Hall–Kier alpha value is -0.570. The third-order valence-electron chi connectivity index (χ3n) is 1.77. The fourth-order valence-electron chi connectivity index (χ4n) is 1.11. The number of carbonyl (C=O) groups is 1. The molecule has 0 aliphatic heterocycles. The molecule has 0 heterocycles. The molecule has 0 saturated carbocycles. The maximum Gasteiger partial charge on any atom is 0.345 e. The van der Waals surface area contributed by atoms with Crippen molar-refractivity contribution in [2.75, 3.05) is 6.61 Å². The zero-order chi connectivity index (χ0) is 11.1. The molecule has 0 rings (SSSR count). The molecule has 3 heteroatoms. The van der Waals surface area contributed by atoms with Gasteiger partial charge in [-0.25, -0.2) is 4.79 Å². The first-order valence-electron chi connectivity index (χ1n) is 5.26. The normalized spacial score (nSPS) is 13.4. The molecule has 0 aromatic rings. The van der Waals surface area contributed by atoms with E-state index in [1.807, 2.05) is 20.8 Å². The predicted molar refractivity (Wildman–Crippen MR) is 55.5 cm³/mol. The lowest BCUT2D eigenvalue weighted by molar-refractivity contribution is -0.280. The number of carbonyl (C=O) groups excluding carboxylic acids is 1. The van der Waals surface area contributed by atoms with Crippen molar-refractivity contribution >= 4 is 5.97 Å². The van der Waals surface area contributed by atoms with Crippen molar-refractivity contribution in [3.05, 3.63) is 0 Å². The van der Waals surface area contributed by atoms with Crippen LogP contribution in [0.2, 0.25) is 0 Å². The molecule has 0 spiro atoms. The first-order valence-corrected chi connectivity index (χ1v) is 5.26. The van der Waals surface area contributed by atoms with Crippen LogP contribution in [-0.2, 0) is 14.6 Å². The second-order valence-corrected chi connectivity index (χ2v) is 4.61. The molecule has 0 N–H and O–H groups in total. The Morgan fingerprint density at radius 2 is 1.64 bits per heavy atom. The van der Waals surface area contributed by atoms with Gasteiger partial charge < -0.3 is 0 Å². The van der Waals surface area contributed by atoms with Gasteiger partial charge in [0.2, 0.25) is 0 Å². The van der Waals surface area contributed by atoms with Crippen LogP contribution in [0.1, 0.15) is 41.0 Å². The van der Waals surface area contributed by atoms with Gasteiger partial charge in [-0.05, 0) is 18.3 Å². The summed E-state index contributed by atoms with van der Waals surface area (Å²) >= 11 is 0. The van der Waals surface area contributed by atoms with Gasteiger partial charge >= 0.3 is 5.97 Å². The highest BCUT2D eigenvalue weighted by Crippen LogP contribution is 2.12. The Kier molecular flexibility index (Phi) is 6.54. The fraction of sp³-hybridized carbons (Fsp3) is 0.909. The Balaban J connectivity index is 3.62. The largest absolute Gasteiger partial charge is 0.345 e. The molecule has 0 aromatic heterocycles. The molecular formula is C11H22O3. The Bertz CT molecular complexity index is 164. The maximum absolute atomic E-state index is 11.3. The molecule has 0 aliphatic rings. The highest BCUT2D eigenvalue weighted by molar-refractivity contribution is 5.71. The summed E-state index contributed by atoms with van der Waals surface area (Å²) < 4.78 is 0. The predicted octanol–water partition coefficient (Wildman–Crippen LogP) is 2.80. The number of hydrogen-bond acceptors (Lipinski definition) is 3. The average molecular weight is 202 g/mol. The molecule has 0 fully saturated rings. The quantitative estimate of drug-likeness (QED) is 0.491. The van der Waals surface area contributed by atoms with E-state index < -0.39 is 0 Å². The van der Waals surface area contributed by atoms with Gasteiger partial charge in [0.25, 0.3) is 0 Å². The van der Waals surface area contributed by atoms with Crippen LogP contribution in [0.3, 0.4) is 0 Å². The molecular weight excluding hydrogens is 180 g/mol. The van der Waals surface area contributed by atoms with E-state index in [9.17, 15) is 4.79 Å². The summed E-state index contributed by atoms with van der Waals surface area (Å²) in [6, 6.07) is 0. The monoisotopic (exact) mass is 202 g/mol. The third kappa shape index (κ3) is 6.89. The van der Waals surface area contributed by atoms with E-state index in [0.29, 0.717) is 18.4 Å². The first-order chi connectivity index (χ1) is 6.43. The molecule has 0 aliphatic carbocycles. The summed E-state index contributed by atoms with van der Waals surface area (Å²) in [5.41, 5.74) is 0. The van der Waals surface area contributed by atoms with Gasteiger partial charge in [-0.3, -0.25) is 4.89 Å². The Morgan fingerprint density at radius 1 is 1.07 bits per heavy atom. The molecule has 0 radical (unpaired) electrons. The summed E-state index contributed by atoms with van der Waals surface area (Å²) in [4.78, 5) is 20.8.